The van der Waals surface area contributed by atoms with Crippen molar-refractivity contribution >= 4 is 15.9 Å². The first-order valence-corrected chi connectivity index (χ1v) is 3.03. The number of aromatic nitrogens is 2. The Labute approximate surface area is 77.4 Å². The molecule has 4 heteroatoms. The van der Waals surface area contributed by atoms with Crippen molar-refractivity contribution in [3.63, 3.8) is 0 Å². The van der Waals surface area contributed by atoms with Crippen molar-refractivity contribution in [3.8, 4) is 5.88 Å². The van der Waals surface area contributed by atoms with Crippen molar-refractivity contribution in [3.05, 3.63) is 16.9 Å². The Morgan fingerprint density at radius 3 is 3.60 bits per heavy atom. The fraction of sp³-hybridized carbons (Fsp3) is 0.333. The third-order valence-electron chi connectivity index (χ3n) is 0.647. The Bertz CT molecular complexity index is 435. The fourth-order valence-corrected chi connectivity index (χ4v) is 0.515. The molecule has 1 heterocycles. The summed E-state index contributed by atoms with van der Waals surface area (Å²) in [5.41, 5.74) is 0. The molecule has 1 aromatic rings. The molecular weight excluding hydrogens is 196 g/mol. The molecule has 0 aliphatic carbocycles. The predicted molar refractivity (Wildman–Crippen MR) is 40.9 cm³/mol. The summed E-state index contributed by atoms with van der Waals surface area (Å²) in [5.74, 6) is -0.640. The van der Waals surface area contributed by atoms with Gasteiger partial charge >= 0.3 is 0 Å². The van der Waals surface area contributed by atoms with Crippen LogP contribution in [0.1, 0.15) is 16.4 Å². The quantitative estimate of drug-likeness (QED) is 0.744. The van der Waals surface area contributed by atoms with E-state index in [1.807, 2.05) is 0 Å². The smallest absolute Gasteiger partial charge is 0.232 e. The topological polar surface area (TPSA) is 35.0 Å². The lowest BCUT2D eigenvalue weighted by Crippen LogP contribution is -1.94. The molecule has 0 fully saturated rings. The predicted octanol–water partition coefficient (Wildman–Crippen LogP) is 1.64. The highest BCUT2D eigenvalue weighted by molar-refractivity contribution is 9.10. The van der Waals surface area contributed by atoms with E-state index in [0.717, 1.165) is 0 Å². The molecule has 0 aromatic carbocycles. The van der Waals surface area contributed by atoms with Gasteiger partial charge in [-0.3, -0.25) is 0 Å². The number of hydrogen-bond donors (Lipinski definition) is 0. The molecule has 1 rings (SSSR count). The van der Waals surface area contributed by atoms with E-state index in [-0.39, 0.29) is 10.8 Å². The van der Waals surface area contributed by atoms with Crippen molar-refractivity contribution in [2.45, 2.75) is 6.85 Å². The van der Waals surface area contributed by atoms with Gasteiger partial charge in [0.05, 0.1) is 24.4 Å². The van der Waals surface area contributed by atoms with Crippen LogP contribution >= 0.6 is 15.9 Å². The fourth-order valence-electron chi connectivity index (χ4n) is 0.338. The summed E-state index contributed by atoms with van der Waals surface area (Å²) in [6, 6.07) is 0. The van der Waals surface area contributed by atoms with E-state index in [4.69, 9.17) is 9.60 Å². The summed E-state index contributed by atoms with van der Waals surface area (Å²) < 4.78 is 54.2. The molecule has 0 atom stereocenters. The van der Waals surface area contributed by atoms with Crippen LogP contribution in [0.5, 0.6) is 5.88 Å². The maximum Gasteiger partial charge on any atom is 0.232 e. The van der Waals surface area contributed by atoms with E-state index >= 15 is 0 Å². The van der Waals surface area contributed by atoms with Crippen molar-refractivity contribution < 1.29 is 14.3 Å². The van der Waals surface area contributed by atoms with E-state index in [0.29, 0.717) is 0 Å². The van der Waals surface area contributed by atoms with Crippen LogP contribution in [0.3, 0.4) is 0 Å². The molecule has 10 heavy (non-hydrogen) atoms. The molecular formula is C6H7BrN2O. The van der Waals surface area contributed by atoms with Crippen LogP contribution in [0.4, 0.5) is 0 Å². The monoisotopic (exact) mass is 209 g/mol. The summed E-state index contributed by atoms with van der Waals surface area (Å²) in [7, 11) is 0. The molecule has 0 N–H and O–H groups in total. The van der Waals surface area contributed by atoms with Crippen LogP contribution in [-0.4, -0.2) is 16.5 Å². The largest absolute Gasteiger partial charge is 0.477 e. The Hall–Kier alpha value is -0.640. The molecule has 0 aliphatic rings. The Balaban J connectivity index is 3.08. The van der Waals surface area contributed by atoms with Crippen molar-refractivity contribution in [1.82, 2.24) is 9.97 Å². The number of halogens is 1. The Kier molecular flexibility index (Phi) is 0.858. The SMILES string of the molecule is [2H]c1nc(OC([2H])([2H])C([2H])([2H])[2H])c([2H])nc1Br. The lowest BCUT2D eigenvalue weighted by Gasteiger charge is -1.98. The van der Waals surface area contributed by atoms with Gasteiger partial charge in [0, 0.05) is 4.11 Å². The molecule has 0 unspecified atom stereocenters. The highest BCUT2D eigenvalue weighted by Crippen LogP contribution is 2.07. The zero-order valence-corrected chi connectivity index (χ0v) is 6.27. The highest BCUT2D eigenvalue weighted by atomic mass is 79.9. The second-order valence-electron chi connectivity index (χ2n) is 1.25. The summed E-state index contributed by atoms with van der Waals surface area (Å²) in [4.78, 5) is 6.93. The van der Waals surface area contributed by atoms with Gasteiger partial charge in [-0.15, -0.1) is 0 Å². The molecule has 1 aromatic heterocycles. The highest BCUT2D eigenvalue weighted by Gasteiger charge is 1.92. The van der Waals surface area contributed by atoms with Gasteiger partial charge in [0.2, 0.25) is 5.88 Å². The van der Waals surface area contributed by atoms with Gasteiger partial charge in [-0.25, -0.2) is 9.97 Å². The number of hydrogen-bond acceptors (Lipinski definition) is 3. The van der Waals surface area contributed by atoms with E-state index in [9.17, 15) is 0 Å². The second kappa shape index (κ2) is 3.51. The zero-order chi connectivity index (χ0) is 13.4. The van der Waals surface area contributed by atoms with Crippen LogP contribution < -0.4 is 4.74 Å². The third kappa shape index (κ3) is 1.95. The minimum absolute atomic E-state index is 0.00991. The summed E-state index contributed by atoms with van der Waals surface area (Å²) in [5, 5.41) is 0. The Morgan fingerprint density at radius 1 is 1.90 bits per heavy atom. The molecule has 3 nitrogen and oxygen atoms in total. The van der Waals surface area contributed by atoms with Crippen LogP contribution in [0.25, 0.3) is 0 Å². The summed E-state index contributed by atoms with van der Waals surface area (Å²) >= 11 is 2.86. The van der Waals surface area contributed by atoms with Gasteiger partial charge in [0.15, 0.2) is 0 Å². The minimum atomic E-state index is -3.03. The lowest BCUT2D eigenvalue weighted by molar-refractivity contribution is 0.325. The maximum absolute atomic E-state index is 7.33. The molecule has 54 valence electrons. The van der Waals surface area contributed by atoms with Crippen molar-refractivity contribution in [1.29, 1.82) is 0 Å². The minimum Gasteiger partial charge on any atom is -0.477 e. The Morgan fingerprint density at radius 2 is 2.80 bits per heavy atom. The standard InChI is InChI=1S/C6H7BrN2O/c1-2-10-6-4-8-5(7)3-9-6/h3-4H,2H2,1H3/i1D3,2D2,3D,4D. The van der Waals surface area contributed by atoms with E-state index < -0.39 is 25.5 Å². The molecule has 0 radical (unpaired) electrons. The van der Waals surface area contributed by atoms with Crippen molar-refractivity contribution in [2.24, 2.45) is 0 Å². The van der Waals surface area contributed by atoms with Crippen LogP contribution in [0.2, 0.25) is 0 Å². The van der Waals surface area contributed by atoms with Gasteiger partial charge in [-0.05, 0) is 22.8 Å². The van der Waals surface area contributed by atoms with Crippen LogP contribution in [0.15, 0.2) is 16.9 Å². The van der Waals surface area contributed by atoms with Crippen LogP contribution in [0, 0.1) is 0 Å². The lowest BCUT2D eigenvalue weighted by atomic mass is 10.7. The van der Waals surface area contributed by atoms with Gasteiger partial charge in [-0.1, -0.05) is 0 Å². The molecule has 0 saturated heterocycles. The summed E-state index contributed by atoms with van der Waals surface area (Å²) in [6.07, 6.45) is -0.932. The van der Waals surface area contributed by atoms with Gasteiger partial charge in [-0.2, -0.15) is 0 Å². The zero-order valence-electron chi connectivity index (χ0n) is 11.7. The molecule has 0 bridgehead atoms. The summed E-state index contributed by atoms with van der Waals surface area (Å²) in [6.45, 7) is -6.03. The average Bonchev–Trinajstić information content (AvgIpc) is 2.12. The van der Waals surface area contributed by atoms with E-state index in [2.05, 4.69) is 30.6 Å². The molecule has 0 amide bonds. The van der Waals surface area contributed by atoms with Gasteiger partial charge in [0.1, 0.15) is 4.60 Å². The first kappa shape index (κ1) is 2.44. The van der Waals surface area contributed by atoms with E-state index in [1.54, 1.807) is 0 Å². The van der Waals surface area contributed by atoms with Gasteiger partial charge in [0.25, 0.3) is 0 Å². The normalized spacial score (nSPS) is 22.3. The molecule has 0 saturated carbocycles. The first-order chi connectivity index (χ1) is 7.54. The second-order valence-corrected chi connectivity index (χ2v) is 2.00. The maximum atomic E-state index is 7.33. The van der Waals surface area contributed by atoms with Gasteiger partial charge < -0.3 is 4.74 Å². The van der Waals surface area contributed by atoms with Crippen molar-refractivity contribution in [2.75, 3.05) is 6.56 Å². The first-order valence-electron chi connectivity index (χ1n) is 5.74. The van der Waals surface area contributed by atoms with E-state index in [1.165, 1.54) is 0 Å². The third-order valence-corrected chi connectivity index (χ3v) is 1.00. The average molecular weight is 210 g/mol. The molecule has 0 aliphatic heterocycles. The number of ether oxygens (including phenoxy) is 1. The van der Waals surface area contributed by atoms with Crippen LogP contribution in [-0.2, 0) is 0 Å². The molecule has 0 spiro atoms. The number of nitrogens with zero attached hydrogens (tertiary/aromatic N) is 2. The number of rotatable bonds is 2.